The molecular formula is C16H29N5S2. The van der Waals surface area contributed by atoms with Gasteiger partial charge in [0.2, 0.25) is 0 Å². The zero-order chi connectivity index (χ0) is 14.8. The second-order valence-corrected chi connectivity index (χ2v) is 6.10. The molecule has 1 fully saturated rings. The van der Waals surface area contributed by atoms with Crippen LogP contribution in [-0.2, 0) is 0 Å². The molecule has 1 aliphatic carbocycles. The van der Waals surface area contributed by atoms with Crippen LogP contribution >= 0.6 is 27.0 Å². The number of hydrogen-bond donors (Lipinski definition) is 2. The van der Waals surface area contributed by atoms with Gasteiger partial charge in [-0.1, -0.05) is 13.8 Å². The van der Waals surface area contributed by atoms with Gasteiger partial charge in [-0.25, -0.2) is 4.98 Å². The van der Waals surface area contributed by atoms with Crippen molar-refractivity contribution in [2.45, 2.75) is 64.0 Å². The van der Waals surface area contributed by atoms with Crippen LogP contribution in [0.25, 0.3) is 5.65 Å². The van der Waals surface area contributed by atoms with E-state index in [1.54, 1.807) is 0 Å². The minimum absolute atomic E-state index is 0. The molecule has 0 unspecified atom stereocenters. The molecule has 7 heteroatoms. The normalized spacial score (nSPS) is 20.3. The van der Waals surface area contributed by atoms with Crippen LogP contribution < -0.4 is 11.1 Å². The second kappa shape index (κ2) is 8.80. The largest absolute Gasteiger partial charge is 0.367 e. The van der Waals surface area contributed by atoms with Gasteiger partial charge in [0.15, 0.2) is 5.65 Å². The molecule has 0 bridgehead atoms. The minimum atomic E-state index is 0. The van der Waals surface area contributed by atoms with E-state index in [4.69, 9.17) is 10.7 Å². The molecule has 2 heterocycles. The third kappa shape index (κ3) is 4.33. The Morgan fingerprint density at radius 3 is 2.65 bits per heavy atom. The first-order valence-electron chi connectivity index (χ1n) is 8.08. The van der Waals surface area contributed by atoms with Crippen LogP contribution in [0, 0.1) is 0 Å². The molecule has 0 amide bonds. The maximum Gasteiger partial charge on any atom is 0.157 e. The van der Waals surface area contributed by atoms with Crippen LogP contribution in [0.1, 0.15) is 57.6 Å². The fraction of sp³-hybridized carbons (Fsp3) is 0.625. The van der Waals surface area contributed by atoms with E-state index in [1.165, 1.54) is 0 Å². The zero-order valence-electron chi connectivity index (χ0n) is 13.9. The van der Waals surface area contributed by atoms with Crippen molar-refractivity contribution in [2.24, 2.45) is 5.73 Å². The van der Waals surface area contributed by atoms with Crippen LogP contribution in [0.15, 0.2) is 18.3 Å². The summed E-state index contributed by atoms with van der Waals surface area (Å²) < 4.78 is 1.90. The first kappa shape index (κ1) is 20.1. The molecule has 2 atom stereocenters. The maximum atomic E-state index is 6.02. The lowest BCUT2D eigenvalue weighted by Gasteiger charge is -2.18. The van der Waals surface area contributed by atoms with Crippen molar-refractivity contribution < 1.29 is 0 Å². The van der Waals surface area contributed by atoms with Crippen LogP contribution in [-0.4, -0.2) is 26.7 Å². The Morgan fingerprint density at radius 1 is 1.30 bits per heavy atom. The molecule has 2 aromatic rings. The summed E-state index contributed by atoms with van der Waals surface area (Å²) in [5, 5.41) is 8.02. The predicted molar refractivity (Wildman–Crippen MR) is 106 cm³/mol. The first-order valence-corrected chi connectivity index (χ1v) is 8.08. The minimum Gasteiger partial charge on any atom is -0.367 e. The van der Waals surface area contributed by atoms with Crippen LogP contribution in [0.4, 0.5) is 5.82 Å². The molecule has 2 aromatic heterocycles. The highest BCUT2D eigenvalue weighted by molar-refractivity contribution is 7.59. The van der Waals surface area contributed by atoms with Crippen LogP contribution in [0.2, 0.25) is 0 Å². The van der Waals surface area contributed by atoms with Crippen LogP contribution in [0.3, 0.4) is 0 Å². The van der Waals surface area contributed by atoms with Crippen molar-refractivity contribution in [1.82, 2.24) is 14.6 Å². The summed E-state index contributed by atoms with van der Waals surface area (Å²) in [6.45, 7) is 4.44. The number of fused-ring (bicyclic) bond motifs is 1. The molecule has 3 rings (SSSR count). The number of anilines is 1. The Morgan fingerprint density at radius 2 is 2.04 bits per heavy atom. The van der Waals surface area contributed by atoms with Gasteiger partial charge in [0.05, 0.1) is 6.20 Å². The molecule has 0 saturated heterocycles. The van der Waals surface area contributed by atoms with Gasteiger partial charge in [-0.15, -0.1) is 0 Å². The topological polar surface area (TPSA) is 68.2 Å². The molecule has 0 aromatic carbocycles. The average molecular weight is 356 g/mol. The molecule has 3 N–H and O–H groups in total. The van der Waals surface area contributed by atoms with E-state index >= 15 is 0 Å². The van der Waals surface area contributed by atoms with Crippen molar-refractivity contribution in [3.05, 3.63) is 24.0 Å². The summed E-state index contributed by atoms with van der Waals surface area (Å²) in [5.41, 5.74) is 8.10. The lowest BCUT2D eigenvalue weighted by Crippen LogP contribution is -2.22. The molecule has 1 aliphatic rings. The number of aromatic nitrogens is 3. The molecule has 23 heavy (non-hydrogen) atoms. The summed E-state index contributed by atoms with van der Waals surface area (Å²) in [7, 11) is 0. The van der Waals surface area contributed by atoms with E-state index in [0.29, 0.717) is 18.0 Å². The summed E-state index contributed by atoms with van der Waals surface area (Å²) in [6, 6.07) is 4.92. The van der Waals surface area contributed by atoms with Crippen molar-refractivity contribution in [3.8, 4) is 0 Å². The Balaban J connectivity index is 0.00000132. The van der Waals surface area contributed by atoms with E-state index in [2.05, 4.69) is 30.3 Å². The second-order valence-electron chi connectivity index (χ2n) is 6.10. The van der Waals surface area contributed by atoms with Crippen molar-refractivity contribution in [1.29, 1.82) is 0 Å². The molecule has 5 nitrogen and oxygen atoms in total. The van der Waals surface area contributed by atoms with E-state index in [9.17, 15) is 0 Å². The molecule has 0 aliphatic heterocycles. The number of hydrogen-bond acceptors (Lipinski definition) is 4. The Bertz CT molecular complexity index is 612. The number of nitrogens with one attached hydrogen (secondary N) is 1. The highest BCUT2D eigenvalue weighted by Gasteiger charge is 2.23. The van der Waals surface area contributed by atoms with E-state index in [1.807, 2.05) is 16.8 Å². The van der Waals surface area contributed by atoms with Gasteiger partial charge in [0.25, 0.3) is 0 Å². The third-order valence-electron chi connectivity index (χ3n) is 4.61. The Labute approximate surface area is 152 Å². The summed E-state index contributed by atoms with van der Waals surface area (Å²) >= 11 is 0. The summed E-state index contributed by atoms with van der Waals surface area (Å²) in [6.07, 6.45) is 7.30. The van der Waals surface area contributed by atoms with Crippen LogP contribution in [0.5, 0.6) is 0 Å². The van der Waals surface area contributed by atoms with Gasteiger partial charge in [-0.2, -0.15) is 36.6 Å². The number of rotatable bonds is 5. The SMILES string of the molecule is CCC(CC)c1cc(N[C@H]2CC[C@H](N)C2)n2nccc2n1.S.S. The van der Waals surface area contributed by atoms with Gasteiger partial charge in [0.1, 0.15) is 5.82 Å². The fourth-order valence-electron chi connectivity index (χ4n) is 3.31. The number of nitrogens with zero attached hydrogens (tertiary/aromatic N) is 3. The predicted octanol–water partition coefficient (Wildman–Crippen LogP) is 3.15. The molecule has 1 saturated carbocycles. The van der Waals surface area contributed by atoms with E-state index in [-0.39, 0.29) is 27.0 Å². The quantitative estimate of drug-likeness (QED) is 0.864. The average Bonchev–Trinajstić information content (AvgIpc) is 3.09. The van der Waals surface area contributed by atoms with Crippen molar-refractivity contribution in [3.63, 3.8) is 0 Å². The standard InChI is InChI=1S/C16H25N5.2H2S/c1-3-11(4-2)14-10-16(19-13-6-5-12(17)9-13)21-15(20-14)7-8-18-21;;/h7-8,10-13,19H,3-6,9,17H2,1-2H3;2*1H2/t12-,13-;;/m0../s1. The highest BCUT2D eigenvalue weighted by atomic mass is 32.1. The first-order chi connectivity index (χ1) is 10.2. The van der Waals surface area contributed by atoms with Crippen molar-refractivity contribution >= 4 is 38.5 Å². The smallest absolute Gasteiger partial charge is 0.157 e. The highest BCUT2D eigenvalue weighted by Crippen LogP contribution is 2.27. The van der Waals surface area contributed by atoms with E-state index < -0.39 is 0 Å². The van der Waals surface area contributed by atoms with Crippen molar-refractivity contribution in [2.75, 3.05) is 5.32 Å². The summed E-state index contributed by atoms with van der Waals surface area (Å²) in [4.78, 5) is 4.76. The molecule has 0 radical (unpaired) electrons. The van der Waals surface area contributed by atoms with Gasteiger partial charge >= 0.3 is 0 Å². The Hall–Kier alpha value is -0.920. The molecule has 130 valence electrons. The Kier molecular flexibility index (Phi) is 7.70. The molecule has 0 spiro atoms. The maximum absolute atomic E-state index is 6.02. The van der Waals surface area contributed by atoms with E-state index in [0.717, 1.165) is 49.3 Å². The third-order valence-corrected chi connectivity index (χ3v) is 4.61. The van der Waals surface area contributed by atoms with Gasteiger partial charge in [-0.3, -0.25) is 0 Å². The monoisotopic (exact) mass is 355 g/mol. The summed E-state index contributed by atoms with van der Waals surface area (Å²) in [5.74, 6) is 1.56. The zero-order valence-corrected chi connectivity index (χ0v) is 15.9. The lowest BCUT2D eigenvalue weighted by molar-refractivity contribution is 0.621. The van der Waals surface area contributed by atoms with Gasteiger partial charge < -0.3 is 11.1 Å². The lowest BCUT2D eigenvalue weighted by atomic mass is 9.99. The number of nitrogens with two attached hydrogens (primary N) is 1. The van der Waals surface area contributed by atoms with Gasteiger partial charge in [0, 0.05) is 35.8 Å². The van der Waals surface area contributed by atoms with Gasteiger partial charge in [-0.05, 0) is 32.1 Å². The fourth-order valence-corrected chi connectivity index (χ4v) is 3.31. The molecular weight excluding hydrogens is 326 g/mol.